The molecule has 134 valence electrons. The average molecular weight is 354 g/mol. The van der Waals surface area contributed by atoms with Crippen LogP contribution in [-0.4, -0.2) is 16.7 Å². The summed E-state index contributed by atoms with van der Waals surface area (Å²) >= 11 is 0. The van der Waals surface area contributed by atoms with Gasteiger partial charge in [-0.05, 0) is 54.0 Å². The van der Waals surface area contributed by atoms with E-state index in [1.165, 1.54) is 11.1 Å². The second-order valence-corrected chi connectivity index (χ2v) is 6.58. The van der Waals surface area contributed by atoms with E-state index in [4.69, 9.17) is 9.72 Å². The number of aryl methyl sites for hydroxylation is 1. The Morgan fingerprint density at radius 1 is 0.889 bits per heavy atom. The van der Waals surface area contributed by atoms with Gasteiger partial charge in [-0.2, -0.15) is 0 Å². The van der Waals surface area contributed by atoms with E-state index >= 15 is 0 Å². The van der Waals surface area contributed by atoms with Crippen molar-refractivity contribution in [2.45, 2.75) is 13.5 Å². The zero-order chi connectivity index (χ0) is 18.6. The maximum Gasteiger partial charge on any atom is 0.134 e. The molecule has 0 bridgehead atoms. The normalized spacial score (nSPS) is 11.3. The van der Waals surface area contributed by atoms with Crippen LogP contribution in [0.25, 0.3) is 23.2 Å². The van der Waals surface area contributed by atoms with Crippen molar-refractivity contribution in [2.75, 3.05) is 7.11 Å². The number of nitrogens with zero attached hydrogens (tertiary/aromatic N) is 2. The fourth-order valence-corrected chi connectivity index (χ4v) is 3.23. The molecule has 3 aromatic carbocycles. The third kappa shape index (κ3) is 3.63. The molecule has 0 atom stereocenters. The first kappa shape index (κ1) is 17.1. The first-order chi connectivity index (χ1) is 13.2. The molecule has 3 nitrogen and oxygen atoms in total. The summed E-state index contributed by atoms with van der Waals surface area (Å²) in [6.07, 6.45) is 4.18. The minimum atomic E-state index is 0.801. The van der Waals surface area contributed by atoms with Crippen molar-refractivity contribution in [3.63, 3.8) is 0 Å². The lowest BCUT2D eigenvalue weighted by atomic mass is 10.1. The van der Waals surface area contributed by atoms with Crippen LogP contribution in [0, 0.1) is 6.92 Å². The first-order valence-corrected chi connectivity index (χ1v) is 9.06. The van der Waals surface area contributed by atoms with E-state index in [0.717, 1.165) is 34.7 Å². The first-order valence-electron chi connectivity index (χ1n) is 9.06. The summed E-state index contributed by atoms with van der Waals surface area (Å²) in [6.45, 7) is 2.96. The Labute approximate surface area is 159 Å². The smallest absolute Gasteiger partial charge is 0.134 e. The van der Waals surface area contributed by atoms with Crippen LogP contribution >= 0.6 is 0 Å². The maximum absolute atomic E-state index is 5.23. The van der Waals surface area contributed by atoms with Gasteiger partial charge in [0, 0.05) is 6.54 Å². The molecule has 1 heterocycles. The molecule has 0 unspecified atom stereocenters. The van der Waals surface area contributed by atoms with Crippen LogP contribution < -0.4 is 4.74 Å². The van der Waals surface area contributed by atoms with Gasteiger partial charge >= 0.3 is 0 Å². The number of hydrogen-bond donors (Lipinski definition) is 0. The molecular formula is C24H22N2O. The van der Waals surface area contributed by atoms with Crippen molar-refractivity contribution < 1.29 is 4.74 Å². The van der Waals surface area contributed by atoms with Crippen molar-refractivity contribution in [2.24, 2.45) is 0 Å². The van der Waals surface area contributed by atoms with E-state index < -0.39 is 0 Å². The van der Waals surface area contributed by atoms with Gasteiger partial charge < -0.3 is 9.30 Å². The van der Waals surface area contributed by atoms with Crippen LogP contribution in [0.4, 0.5) is 0 Å². The quantitative estimate of drug-likeness (QED) is 0.468. The molecule has 0 saturated carbocycles. The minimum Gasteiger partial charge on any atom is -0.497 e. The van der Waals surface area contributed by atoms with Gasteiger partial charge in [-0.1, -0.05) is 54.6 Å². The van der Waals surface area contributed by atoms with Crippen molar-refractivity contribution in [1.82, 2.24) is 9.55 Å². The molecular weight excluding hydrogens is 332 g/mol. The Morgan fingerprint density at radius 2 is 1.63 bits per heavy atom. The van der Waals surface area contributed by atoms with E-state index in [0.29, 0.717) is 0 Å². The zero-order valence-electron chi connectivity index (χ0n) is 15.6. The molecule has 0 saturated heterocycles. The molecule has 4 aromatic rings. The average Bonchev–Trinajstić information content (AvgIpc) is 3.06. The number of ether oxygens (including phenoxy) is 1. The van der Waals surface area contributed by atoms with Crippen molar-refractivity contribution in [1.29, 1.82) is 0 Å². The second-order valence-electron chi connectivity index (χ2n) is 6.58. The molecule has 0 aliphatic heterocycles. The van der Waals surface area contributed by atoms with Crippen molar-refractivity contribution in [3.05, 3.63) is 95.3 Å². The number of benzene rings is 3. The lowest BCUT2D eigenvalue weighted by Crippen LogP contribution is -2.03. The lowest BCUT2D eigenvalue weighted by molar-refractivity contribution is 0.415. The predicted octanol–water partition coefficient (Wildman–Crippen LogP) is 5.57. The molecule has 27 heavy (non-hydrogen) atoms. The summed E-state index contributed by atoms with van der Waals surface area (Å²) in [7, 11) is 1.68. The van der Waals surface area contributed by atoms with Crippen LogP contribution in [0.5, 0.6) is 5.75 Å². The zero-order valence-corrected chi connectivity index (χ0v) is 15.6. The highest BCUT2D eigenvalue weighted by molar-refractivity contribution is 5.80. The van der Waals surface area contributed by atoms with E-state index in [-0.39, 0.29) is 0 Å². The summed E-state index contributed by atoms with van der Waals surface area (Å²) in [5.41, 5.74) is 5.88. The van der Waals surface area contributed by atoms with Gasteiger partial charge in [-0.25, -0.2) is 4.98 Å². The number of aromatic nitrogens is 2. The molecule has 4 rings (SSSR count). The predicted molar refractivity (Wildman–Crippen MR) is 112 cm³/mol. The van der Waals surface area contributed by atoms with E-state index in [2.05, 4.69) is 66.1 Å². The van der Waals surface area contributed by atoms with Gasteiger partial charge in [-0.15, -0.1) is 0 Å². The number of rotatable bonds is 5. The van der Waals surface area contributed by atoms with Gasteiger partial charge in [0.2, 0.25) is 0 Å². The molecule has 0 N–H and O–H groups in total. The van der Waals surface area contributed by atoms with Gasteiger partial charge in [0.05, 0.1) is 18.1 Å². The highest BCUT2D eigenvalue weighted by Crippen LogP contribution is 2.21. The summed E-state index contributed by atoms with van der Waals surface area (Å²) in [5, 5.41) is 0. The molecule has 0 spiro atoms. The number of para-hydroxylation sites is 2. The van der Waals surface area contributed by atoms with Crippen LogP contribution in [0.2, 0.25) is 0 Å². The summed E-state index contributed by atoms with van der Waals surface area (Å²) in [6, 6.07) is 24.8. The Balaban J connectivity index is 1.73. The van der Waals surface area contributed by atoms with Gasteiger partial charge in [-0.3, -0.25) is 0 Å². The molecule has 0 aliphatic carbocycles. The standard InChI is InChI=1S/C24H22N2O/c1-18-7-3-4-8-20(18)17-26-23-10-6-5-9-22(23)25-24(26)16-13-19-11-14-21(27-2)15-12-19/h3-16H,17H2,1-2H3/b16-13+. The van der Waals surface area contributed by atoms with Crippen molar-refractivity contribution >= 4 is 23.2 Å². The topological polar surface area (TPSA) is 27.1 Å². The number of imidazole rings is 1. The molecule has 0 amide bonds. The minimum absolute atomic E-state index is 0.801. The third-order valence-corrected chi connectivity index (χ3v) is 4.81. The number of methoxy groups -OCH3 is 1. The monoisotopic (exact) mass is 354 g/mol. The van der Waals surface area contributed by atoms with Gasteiger partial charge in [0.15, 0.2) is 0 Å². The molecule has 3 heteroatoms. The Hall–Kier alpha value is -3.33. The highest BCUT2D eigenvalue weighted by Gasteiger charge is 2.09. The van der Waals surface area contributed by atoms with Crippen LogP contribution in [0.15, 0.2) is 72.8 Å². The molecule has 0 radical (unpaired) electrons. The summed E-state index contributed by atoms with van der Waals surface area (Å²) in [5.74, 6) is 1.81. The van der Waals surface area contributed by atoms with E-state index in [1.54, 1.807) is 7.11 Å². The Kier molecular flexibility index (Phi) is 4.75. The van der Waals surface area contributed by atoms with Crippen LogP contribution in [0.1, 0.15) is 22.5 Å². The van der Waals surface area contributed by atoms with Crippen LogP contribution in [0.3, 0.4) is 0 Å². The SMILES string of the molecule is COc1ccc(/C=C/c2nc3ccccc3n2Cc2ccccc2C)cc1. The maximum atomic E-state index is 5.23. The number of hydrogen-bond acceptors (Lipinski definition) is 2. The fraction of sp³-hybridized carbons (Fsp3) is 0.125. The molecule has 0 fully saturated rings. The number of fused-ring (bicyclic) bond motifs is 1. The fourth-order valence-electron chi connectivity index (χ4n) is 3.23. The Morgan fingerprint density at radius 3 is 2.41 bits per heavy atom. The van der Waals surface area contributed by atoms with Crippen LogP contribution in [-0.2, 0) is 6.54 Å². The summed E-state index contributed by atoms with van der Waals surface area (Å²) < 4.78 is 7.50. The van der Waals surface area contributed by atoms with E-state index in [9.17, 15) is 0 Å². The van der Waals surface area contributed by atoms with Crippen molar-refractivity contribution in [3.8, 4) is 5.75 Å². The van der Waals surface area contributed by atoms with E-state index in [1.807, 2.05) is 30.3 Å². The second kappa shape index (κ2) is 7.50. The Bertz CT molecular complexity index is 1090. The molecule has 0 aliphatic rings. The third-order valence-electron chi connectivity index (χ3n) is 4.81. The van der Waals surface area contributed by atoms with Gasteiger partial charge in [0.1, 0.15) is 11.6 Å². The lowest BCUT2D eigenvalue weighted by Gasteiger charge is -2.10. The summed E-state index contributed by atoms with van der Waals surface area (Å²) in [4.78, 5) is 4.84. The largest absolute Gasteiger partial charge is 0.497 e. The molecule has 1 aromatic heterocycles. The highest BCUT2D eigenvalue weighted by atomic mass is 16.5. The van der Waals surface area contributed by atoms with Gasteiger partial charge in [0.25, 0.3) is 0 Å².